The zero-order valence-electron chi connectivity index (χ0n) is 19.6. The summed E-state index contributed by atoms with van der Waals surface area (Å²) in [5, 5.41) is 12.1. The average molecular weight is 467 g/mol. The second-order valence-corrected chi connectivity index (χ2v) is 11.5. The van der Waals surface area contributed by atoms with Crippen LogP contribution in [0.5, 0.6) is 5.75 Å². The van der Waals surface area contributed by atoms with Crippen molar-refractivity contribution in [1.82, 2.24) is 9.97 Å². The van der Waals surface area contributed by atoms with Gasteiger partial charge in [0, 0.05) is 23.4 Å². The maximum atomic E-state index is 12.5. The lowest BCUT2D eigenvalue weighted by Crippen LogP contribution is -2.27. The molecule has 0 radical (unpaired) electrons. The maximum absolute atomic E-state index is 12.5. The topological polar surface area (TPSA) is 92.3 Å². The molecule has 0 spiro atoms. The van der Waals surface area contributed by atoms with E-state index in [4.69, 9.17) is 4.74 Å². The van der Waals surface area contributed by atoms with Crippen LogP contribution in [0.2, 0.25) is 0 Å². The van der Waals surface area contributed by atoms with Crippen molar-refractivity contribution in [2.24, 2.45) is 0 Å². The maximum Gasteiger partial charge on any atom is 0.178 e. The van der Waals surface area contributed by atoms with Crippen LogP contribution in [0, 0.1) is 6.92 Å². The monoisotopic (exact) mass is 466 g/mol. The fourth-order valence-electron chi connectivity index (χ4n) is 4.29. The van der Waals surface area contributed by atoms with Gasteiger partial charge < -0.3 is 14.8 Å². The summed E-state index contributed by atoms with van der Waals surface area (Å²) < 4.78 is 31.2. The number of nitrogens with one attached hydrogen (secondary N) is 1. The number of rotatable bonds is 7. The summed E-state index contributed by atoms with van der Waals surface area (Å²) in [5.41, 5.74) is 3.43. The molecular weight excluding hydrogens is 436 g/mol. The highest BCUT2D eigenvalue weighted by Crippen LogP contribution is 2.40. The van der Waals surface area contributed by atoms with Crippen molar-refractivity contribution in [3.05, 3.63) is 54.2 Å². The quantitative estimate of drug-likeness (QED) is 0.380. The third-order valence-electron chi connectivity index (χ3n) is 5.70. The number of pyridine rings is 1. The van der Waals surface area contributed by atoms with Crippen LogP contribution in [0.3, 0.4) is 0 Å². The second kappa shape index (κ2) is 8.47. The summed E-state index contributed by atoms with van der Waals surface area (Å²) in [7, 11) is -3.33. The summed E-state index contributed by atoms with van der Waals surface area (Å²) in [6, 6.07) is 13.0. The van der Waals surface area contributed by atoms with E-state index < -0.39 is 15.4 Å². The Morgan fingerprint density at radius 3 is 2.64 bits per heavy atom. The van der Waals surface area contributed by atoms with Gasteiger partial charge in [-0.2, -0.15) is 0 Å². The van der Waals surface area contributed by atoms with Gasteiger partial charge in [-0.05, 0) is 74.7 Å². The van der Waals surface area contributed by atoms with Crippen molar-refractivity contribution in [2.75, 3.05) is 5.75 Å². The highest BCUT2D eigenvalue weighted by molar-refractivity contribution is 7.91. The molecule has 2 heterocycles. The first-order valence-corrected chi connectivity index (χ1v) is 12.8. The van der Waals surface area contributed by atoms with Gasteiger partial charge in [0.2, 0.25) is 0 Å². The van der Waals surface area contributed by atoms with Gasteiger partial charge in [0.1, 0.15) is 11.4 Å². The zero-order valence-corrected chi connectivity index (χ0v) is 20.5. The molecule has 0 saturated heterocycles. The molecule has 4 aromatic rings. The van der Waals surface area contributed by atoms with E-state index in [1.54, 1.807) is 39.0 Å². The van der Waals surface area contributed by atoms with Crippen molar-refractivity contribution in [1.29, 1.82) is 0 Å². The molecule has 0 saturated carbocycles. The van der Waals surface area contributed by atoms with Crippen molar-refractivity contribution in [3.63, 3.8) is 0 Å². The fourth-order valence-corrected chi connectivity index (χ4v) is 5.22. The molecule has 6 nitrogen and oxygen atoms in total. The number of aromatic nitrogens is 2. The molecule has 33 heavy (non-hydrogen) atoms. The van der Waals surface area contributed by atoms with Crippen LogP contribution in [0.4, 0.5) is 0 Å². The Bertz CT molecular complexity index is 1430. The molecule has 7 heteroatoms. The molecule has 2 aromatic heterocycles. The van der Waals surface area contributed by atoms with Gasteiger partial charge in [0.25, 0.3) is 0 Å². The molecule has 0 bridgehead atoms. The van der Waals surface area contributed by atoms with Crippen LogP contribution >= 0.6 is 0 Å². The number of aromatic amines is 1. The van der Waals surface area contributed by atoms with Crippen molar-refractivity contribution < 1.29 is 18.3 Å². The molecule has 1 atom stereocenters. The number of aliphatic hydroxyl groups is 1. The number of aryl methyl sites for hydroxylation is 1. The Hall–Kier alpha value is -2.90. The van der Waals surface area contributed by atoms with Crippen molar-refractivity contribution >= 4 is 31.8 Å². The molecule has 2 aromatic carbocycles. The number of nitrogens with zero attached hydrogens (tertiary/aromatic N) is 1. The lowest BCUT2D eigenvalue weighted by Gasteiger charge is -2.23. The molecular formula is C26H30N2O4S. The zero-order chi connectivity index (χ0) is 24.0. The third-order valence-corrected chi connectivity index (χ3v) is 7.44. The van der Waals surface area contributed by atoms with E-state index in [1.807, 2.05) is 38.2 Å². The predicted octanol–water partition coefficient (Wildman–Crippen LogP) is 5.41. The molecule has 0 aliphatic rings. The van der Waals surface area contributed by atoms with Crippen LogP contribution in [0.25, 0.3) is 33.1 Å². The van der Waals surface area contributed by atoms with E-state index in [2.05, 4.69) is 16.0 Å². The number of ether oxygens (including phenoxy) is 1. The standard InChI is InChI=1S/C26H30N2O4S/c1-6-33(30,31)19-9-7-8-18(13-19)20-10-11-22(32-17(3)14-26(4,5)29)24-23(20)21-12-16(2)15-27-25(21)28-24/h7-13,15,17,29H,6,14H2,1-5H3,(H,27,28)/t17-/m0/s1. The first-order chi connectivity index (χ1) is 15.5. The number of hydrogen-bond donors (Lipinski definition) is 2. The molecule has 4 rings (SSSR count). The Morgan fingerprint density at radius 2 is 1.94 bits per heavy atom. The third kappa shape index (κ3) is 4.75. The van der Waals surface area contributed by atoms with Gasteiger partial charge in [0.05, 0.1) is 27.9 Å². The van der Waals surface area contributed by atoms with Crippen LogP contribution < -0.4 is 4.74 Å². The van der Waals surface area contributed by atoms with Crippen LogP contribution in [-0.4, -0.2) is 41.0 Å². The van der Waals surface area contributed by atoms with Crippen LogP contribution in [0.1, 0.15) is 39.7 Å². The first-order valence-electron chi connectivity index (χ1n) is 11.1. The second-order valence-electron chi connectivity index (χ2n) is 9.27. The molecule has 174 valence electrons. The minimum absolute atomic E-state index is 0.0495. The predicted molar refractivity (Wildman–Crippen MR) is 133 cm³/mol. The van der Waals surface area contributed by atoms with E-state index >= 15 is 0 Å². The van der Waals surface area contributed by atoms with Gasteiger partial charge in [0.15, 0.2) is 9.84 Å². The normalized spacial score (nSPS) is 13.5. The molecule has 0 aliphatic heterocycles. The molecule has 0 fully saturated rings. The fraction of sp³-hybridized carbons (Fsp3) is 0.346. The molecule has 2 N–H and O–H groups in total. The lowest BCUT2D eigenvalue weighted by atomic mass is 9.99. The minimum Gasteiger partial charge on any atom is -0.488 e. The number of sulfone groups is 1. The van der Waals surface area contributed by atoms with Gasteiger partial charge >= 0.3 is 0 Å². The highest BCUT2D eigenvalue weighted by atomic mass is 32.2. The van der Waals surface area contributed by atoms with E-state index in [0.29, 0.717) is 17.1 Å². The number of benzene rings is 2. The molecule has 0 aliphatic carbocycles. The van der Waals surface area contributed by atoms with E-state index in [9.17, 15) is 13.5 Å². The summed E-state index contributed by atoms with van der Waals surface area (Å²) in [5.74, 6) is 0.715. The minimum atomic E-state index is -3.33. The van der Waals surface area contributed by atoms with Crippen LogP contribution in [0.15, 0.2) is 53.6 Å². The van der Waals surface area contributed by atoms with E-state index in [1.165, 1.54) is 0 Å². The SMILES string of the molecule is CCS(=O)(=O)c1cccc(-c2ccc(O[C@@H](C)CC(C)(C)O)c3[nH]c4ncc(C)cc4c23)c1. The van der Waals surface area contributed by atoms with Gasteiger partial charge in [-0.1, -0.05) is 19.1 Å². The van der Waals surface area contributed by atoms with Gasteiger partial charge in [-0.15, -0.1) is 0 Å². The summed E-state index contributed by atoms with van der Waals surface area (Å²) in [4.78, 5) is 8.26. The Labute approximate surface area is 194 Å². The number of H-pyrrole nitrogens is 1. The summed E-state index contributed by atoms with van der Waals surface area (Å²) >= 11 is 0. The summed E-state index contributed by atoms with van der Waals surface area (Å²) in [6.45, 7) is 9.10. The van der Waals surface area contributed by atoms with Crippen LogP contribution in [-0.2, 0) is 9.84 Å². The Kier molecular flexibility index (Phi) is 5.97. The largest absolute Gasteiger partial charge is 0.488 e. The lowest BCUT2D eigenvalue weighted by molar-refractivity contribution is 0.0327. The van der Waals surface area contributed by atoms with E-state index in [-0.39, 0.29) is 11.9 Å². The molecule has 0 amide bonds. The smallest absolute Gasteiger partial charge is 0.178 e. The van der Waals surface area contributed by atoms with Gasteiger partial charge in [-0.3, -0.25) is 0 Å². The Morgan fingerprint density at radius 1 is 1.18 bits per heavy atom. The Balaban J connectivity index is 1.93. The number of hydrogen-bond acceptors (Lipinski definition) is 5. The average Bonchev–Trinajstić information content (AvgIpc) is 3.12. The van der Waals surface area contributed by atoms with E-state index in [0.717, 1.165) is 38.6 Å². The van der Waals surface area contributed by atoms with Crippen molar-refractivity contribution in [3.8, 4) is 16.9 Å². The molecule has 0 unspecified atom stereocenters. The number of fused-ring (bicyclic) bond motifs is 3. The van der Waals surface area contributed by atoms with Gasteiger partial charge in [-0.25, -0.2) is 13.4 Å². The van der Waals surface area contributed by atoms with Crippen molar-refractivity contribution in [2.45, 2.75) is 57.6 Å². The highest BCUT2D eigenvalue weighted by Gasteiger charge is 2.22. The summed E-state index contributed by atoms with van der Waals surface area (Å²) in [6.07, 6.45) is 2.08. The first kappa shape index (κ1) is 23.3.